The highest BCUT2D eigenvalue weighted by Crippen LogP contribution is 2.21. The Bertz CT molecular complexity index is 732. The molecule has 21 heavy (non-hydrogen) atoms. The standard InChI is InChI=1S/C13H14N6OS/c14-5-12(20)15-6-9-7-19(18-17-9)8-13-16-10-3-1-2-4-11(10)21-13/h1-4,7H,5-6,8,14H2,(H,15,20). The fourth-order valence-electron chi connectivity index (χ4n) is 1.88. The van der Waals surface area contributed by atoms with Crippen LogP contribution in [-0.4, -0.2) is 32.4 Å². The lowest BCUT2D eigenvalue weighted by Gasteiger charge is -1.98. The van der Waals surface area contributed by atoms with Crippen molar-refractivity contribution >= 4 is 27.5 Å². The van der Waals surface area contributed by atoms with Gasteiger partial charge in [0.05, 0.1) is 36.0 Å². The molecule has 3 aromatic rings. The van der Waals surface area contributed by atoms with Crippen molar-refractivity contribution in [3.05, 3.63) is 41.2 Å². The quantitative estimate of drug-likeness (QED) is 0.715. The van der Waals surface area contributed by atoms with Crippen LogP contribution in [0.4, 0.5) is 0 Å². The van der Waals surface area contributed by atoms with Gasteiger partial charge in [0, 0.05) is 0 Å². The number of amides is 1. The van der Waals surface area contributed by atoms with Gasteiger partial charge in [0.25, 0.3) is 0 Å². The van der Waals surface area contributed by atoms with Gasteiger partial charge in [-0.15, -0.1) is 16.4 Å². The van der Waals surface area contributed by atoms with Crippen LogP contribution in [0.5, 0.6) is 0 Å². The number of fused-ring (bicyclic) bond motifs is 1. The van der Waals surface area contributed by atoms with Crippen LogP contribution in [0.15, 0.2) is 30.5 Å². The Morgan fingerprint density at radius 1 is 1.38 bits per heavy atom. The summed E-state index contributed by atoms with van der Waals surface area (Å²) < 4.78 is 2.87. The number of rotatable bonds is 5. The summed E-state index contributed by atoms with van der Waals surface area (Å²) in [6, 6.07) is 8.01. The van der Waals surface area contributed by atoms with Crippen LogP contribution in [-0.2, 0) is 17.9 Å². The summed E-state index contributed by atoms with van der Waals surface area (Å²) in [5, 5.41) is 11.7. The molecular weight excluding hydrogens is 288 g/mol. The average Bonchev–Trinajstić information content (AvgIpc) is 3.10. The number of carbonyl (C=O) groups is 1. The Hall–Kier alpha value is -2.32. The highest BCUT2D eigenvalue weighted by Gasteiger charge is 2.07. The second kappa shape index (κ2) is 5.98. The SMILES string of the molecule is NCC(=O)NCc1cn(Cc2nc3ccccc3s2)nn1. The van der Waals surface area contributed by atoms with E-state index in [2.05, 4.69) is 20.6 Å². The van der Waals surface area contributed by atoms with Gasteiger partial charge in [0.1, 0.15) is 10.7 Å². The van der Waals surface area contributed by atoms with E-state index in [4.69, 9.17) is 5.73 Å². The smallest absolute Gasteiger partial charge is 0.234 e. The maximum atomic E-state index is 11.1. The van der Waals surface area contributed by atoms with E-state index in [9.17, 15) is 4.79 Å². The van der Waals surface area contributed by atoms with E-state index in [-0.39, 0.29) is 12.5 Å². The van der Waals surface area contributed by atoms with E-state index in [0.717, 1.165) is 15.2 Å². The van der Waals surface area contributed by atoms with Crippen LogP contribution < -0.4 is 11.1 Å². The van der Waals surface area contributed by atoms with Crippen molar-refractivity contribution in [3.63, 3.8) is 0 Å². The van der Waals surface area contributed by atoms with Crippen molar-refractivity contribution in [2.75, 3.05) is 6.54 Å². The highest BCUT2D eigenvalue weighted by molar-refractivity contribution is 7.18. The number of carbonyl (C=O) groups excluding carboxylic acids is 1. The molecule has 0 aliphatic carbocycles. The zero-order valence-electron chi connectivity index (χ0n) is 11.2. The summed E-state index contributed by atoms with van der Waals surface area (Å²) in [6.45, 7) is 0.868. The number of benzene rings is 1. The largest absolute Gasteiger partial charge is 0.349 e. The zero-order chi connectivity index (χ0) is 14.7. The summed E-state index contributed by atoms with van der Waals surface area (Å²) in [7, 11) is 0. The Morgan fingerprint density at radius 2 is 2.24 bits per heavy atom. The number of thiazole rings is 1. The zero-order valence-corrected chi connectivity index (χ0v) is 12.0. The van der Waals surface area contributed by atoms with E-state index in [1.807, 2.05) is 24.3 Å². The van der Waals surface area contributed by atoms with Gasteiger partial charge in [0.2, 0.25) is 5.91 Å². The van der Waals surface area contributed by atoms with E-state index >= 15 is 0 Å². The van der Waals surface area contributed by atoms with Crippen LogP contribution >= 0.6 is 11.3 Å². The van der Waals surface area contributed by atoms with Gasteiger partial charge >= 0.3 is 0 Å². The molecule has 0 saturated heterocycles. The van der Waals surface area contributed by atoms with Crippen molar-refractivity contribution in [2.24, 2.45) is 5.73 Å². The van der Waals surface area contributed by atoms with Crippen LogP contribution in [0.3, 0.4) is 0 Å². The van der Waals surface area contributed by atoms with Crippen molar-refractivity contribution in [2.45, 2.75) is 13.1 Å². The minimum absolute atomic E-state index is 0.0279. The summed E-state index contributed by atoms with van der Waals surface area (Å²) in [6.07, 6.45) is 1.79. The molecule has 2 heterocycles. The normalized spacial score (nSPS) is 10.9. The lowest BCUT2D eigenvalue weighted by molar-refractivity contribution is -0.119. The Balaban J connectivity index is 1.67. The molecule has 0 saturated carbocycles. The minimum Gasteiger partial charge on any atom is -0.349 e. The first kappa shape index (κ1) is 13.7. The Labute approximate surface area is 124 Å². The van der Waals surface area contributed by atoms with E-state index < -0.39 is 0 Å². The number of nitrogens with one attached hydrogen (secondary N) is 1. The molecule has 0 spiro atoms. The number of nitrogens with zero attached hydrogens (tertiary/aromatic N) is 4. The molecule has 0 atom stereocenters. The molecule has 0 radical (unpaired) electrons. The third-order valence-electron chi connectivity index (χ3n) is 2.87. The molecular formula is C13H14N6OS. The Kier molecular flexibility index (Phi) is 3.89. The fourth-order valence-corrected chi connectivity index (χ4v) is 2.84. The van der Waals surface area contributed by atoms with Crippen LogP contribution in [0.1, 0.15) is 10.7 Å². The molecule has 8 heteroatoms. The summed E-state index contributed by atoms with van der Waals surface area (Å²) in [5.74, 6) is -0.212. The predicted molar refractivity (Wildman–Crippen MR) is 79.6 cm³/mol. The number of nitrogens with two attached hydrogens (primary N) is 1. The molecule has 7 nitrogen and oxygen atoms in total. The van der Waals surface area contributed by atoms with Crippen molar-refractivity contribution < 1.29 is 4.79 Å². The van der Waals surface area contributed by atoms with Crippen LogP contribution in [0.2, 0.25) is 0 Å². The molecule has 3 rings (SSSR count). The van der Waals surface area contributed by atoms with Gasteiger partial charge in [-0.05, 0) is 12.1 Å². The molecule has 0 unspecified atom stereocenters. The predicted octanol–water partition coefficient (Wildman–Crippen LogP) is 0.511. The first-order valence-corrected chi connectivity index (χ1v) is 7.26. The van der Waals surface area contributed by atoms with Gasteiger partial charge in [-0.2, -0.15) is 0 Å². The maximum absolute atomic E-state index is 11.1. The molecule has 3 N–H and O–H groups in total. The number of hydrogen-bond donors (Lipinski definition) is 2. The van der Waals surface area contributed by atoms with Gasteiger partial charge in [-0.1, -0.05) is 17.3 Å². The fraction of sp³-hybridized carbons (Fsp3) is 0.231. The third-order valence-corrected chi connectivity index (χ3v) is 3.89. The second-order valence-electron chi connectivity index (χ2n) is 4.46. The first-order valence-electron chi connectivity index (χ1n) is 6.45. The molecule has 1 aromatic carbocycles. The molecule has 0 aliphatic heterocycles. The van der Waals surface area contributed by atoms with E-state index in [1.54, 1.807) is 22.2 Å². The van der Waals surface area contributed by atoms with Crippen molar-refractivity contribution in [1.29, 1.82) is 0 Å². The van der Waals surface area contributed by atoms with Gasteiger partial charge < -0.3 is 11.1 Å². The van der Waals surface area contributed by atoms with Gasteiger partial charge in [-0.3, -0.25) is 4.79 Å². The van der Waals surface area contributed by atoms with E-state index in [0.29, 0.717) is 18.8 Å². The number of hydrogen-bond acceptors (Lipinski definition) is 6. The minimum atomic E-state index is -0.212. The monoisotopic (exact) mass is 302 g/mol. The first-order chi connectivity index (χ1) is 10.2. The molecule has 0 bridgehead atoms. The molecule has 0 aliphatic rings. The molecule has 2 aromatic heterocycles. The van der Waals surface area contributed by atoms with Crippen molar-refractivity contribution in [3.8, 4) is 0 Å². The van der Waals surface area contributed by atoms with Crippen LogP contribution in [0, 0.1) is 0 Å². The maximum Gasteiger partial charge on any atom is 0.234 e. The molecule has 108 valence electrons. The van der Waals surface area contributed by atoms with E-state index in [1.165, 1.54) is 0 Å². The lowest BCUT2D eigenvalue weighted by Crippen LogP contribution is -2.29. The number of aromatic nitrogens is 4. The Morgan fingerprint density at radius 3 is 3.05 bits per heavy atom. The lowest BCUT2D eigenvalue weighted by atomic mass is 10.3. The number of para-hydroxylation sites is 1. The van der Waals surface area contributed by atoms with Gasteiger partial charge in [-0.25, -0.2) is 9.67 Å². The summed E-state index contributed by atoms with van der Waals surface area (Å²) >= 11 is 1.64. The average molecular weight is 302 g/mol. The molecule has 0 fully saturated rings. The summed E-state index contributed by atoms with van der Waals surface area (Å²) in [5.41, 5.74) is 6.91. The second-order valence-corrected chi connectivity index (χ2v) is 5.58. The van der Waals surface area contributed by atoms with Crippen LogP contribution in [0.25, 0.3) is 10.2 Å². The van der Waals surface area contributed by atoms with Gasteiger partial charge in [0.15, 0.2) is 0 Å². The molecule has 1 amide bonds. The topological polar surface area (TPSA) is 98.7 Å². The third kappa shape index (κ3) is 3.23. The summed E-state index contributed by atoms with van der Waals surface area (Å²) in [4.78, 5) is 15.6. The highest BCUT2D eigenvalue weighted by atomic mass is 32.1. The van der Waals surface area contributed by atoms with Crippen molar-refractivity contribution in [1.82, 2.24) is 25.3 Å².